The molecule has 6 nitrogen and oxygen atoms in total. The molecule has 2 aromatic carbocycles. The van der Waals surface area contributed by atoms with Gasteiger partial charge in [-0.1, -0.05) is 18.2 Å². The molecule has 0 spiro atoms. The van der Waals surface area contributed by atoms with E-state index in [1.807, 2.05) is 18.2 Å². The van der Waals surface area contributed by atoms with Crippen LogP contribution in [0.4, 0.5) is 5.69 Å². The minimum atomic E-state index is -0.605. The number of amides is 2. The Morgan fingerprint density at radius 3 is 2.71 bits per heavy atom. The lowest BCUT2D eigenvalue weighted by atomic mass is 10.2. The number of pyridine rings is 1. The van der Waals surface area contributed by atoms with Crippen molar-refractivity contribution in [2.24, 2.45) is 5.73 Å². The summed E-state index contributed by atoms with van der Waals surface area (Å²) in [4.78, 5) is 27.7. The summed E-state index contributed by atoms with van der Waals surface area (Å²) < 4.78 is 5.42. The number of ether oxygens (including phenoxy) is 1. The quantitative estimate of drug-likeness (QED) is 0.754. The zero-order chi connectivity index (χ0) is 16.9. The van der Waals surface area contributed by atoms with Crippen LogP contribution in [0.15, 0.2) is 60.8 Å². The van der Waals surface area contributed by atoms with Gasteiger partial charge in [-0.25, -0.2) is 0 Å². The van der Waals surface area contributed by atoms with Crippen molar-refractivity contribution in [3.63, 3.8) is 0 Å². The van der Waals surface area contributed by atoms with Crippen molar-refractivity contribution < 1.29 is 14.3 Å². The first-order chi connectivity index (χ1) is 11.6. The maximum atomic E-state index is 12.1. The van der Waals surface area contributed by atoms with Crippen molar-refractivity contribution in [3.8, 4) is 5.75 Å². The summed E-state index contributed by atoms with van der Waals surface area (Å²) in [6.07, 6.45) is 1.69. The second kappa shape index (κ2) is 6.78. The zero-order valence-electron chi connectivity index (χ0n) is 12.7. The molecule has 3 aromatic rings. The van der Waals surface area contributed by atoms with Gasteiger partial charge in [-0.3, -0.25) is 14.6 Å². The van der Waals surface area contributed by atoms with Crippen LogP contribution in [-0.4, -0.2) is 23.4 Å². The second-order valence-electron chi connectivity index (χ2n) is 5.07. The topological polar surface area (TPSA) is 94.3 Å². The van der Waals surface area contributed by atoms with Gasteiger partial charge in [0.1, 0.15) is 5.75 Å². The Kier molecular flexibility index (Phi) is 4.38. The summed E-state index contributed by atoms with van der Waals surface area (Å²) in [5.41, 5.74) is 6.95. The van der Waals surface area contributed by atoms with Crippen LogP contribution in [0.3, 0.4) is 0 Å². The number of benzene rings is 2. The van der Waals surface area contributed by atoms with E-state index in [2.05, 4.69) is 10.3 Å². The van der Waals surface area contributed by atoms with E-state index >= 15 is 0 Å². The lowest BCUT2D eigenvalue weighted by Crippen LogP contribution is -2.21. The minimum absolute atomic E-state index is 0.235. The molecule has 0 radical (unpaired) electrons. The van der Waals surface area contributed by atoms with Crippen molar-refractivity contribution in [1.29, 1.82) is 0 Å². The molecule has 0 saturated heterocycles. The number of rotatable bonds is 5. The molecule has 0 unspecified atom stereocenters. The Hall–Kier alpha value is -3.41. The maximum absolute atomic E-state index is 12.1. The number of para-hydroxylation sites is 1. The number of carbonyl (C=O) groups is 2. The van der Waals surface area contributed by atoms with Gasteiger partial charge >= 0.3 is 0 Å². The molecule has 6 heteroatoms. The summed E-state index contributed by atoms with van der Waals surface area (Å²) >= 11 is 0. The summed E-state index contributed by atoms with van der Waals surface area (Å²) in [5.74, 6) is -0.670. The molecule has 0 aliphatic heterocycles. The lowest BCUT2D eigenvalue weighted by Gasteiger charge is -2.11. The minimum Gasteiger partial charge on any atom is -0.483 e. The van der Waals surface area contributed by atoms with Gasteiger partial charge in [-0.05, 0) is 36.4 Å². The molecule has 1 aromatic heterocycles. The van der Waals surface area contributed by atoms with Gasteiger partial charge in [0.2, 0.25) is 0 Å². The average molecular weight is 321 g/mol. The van der Waals surface area contributed by atoms with Crippen LogP contribution in [0.2, 0.25) is 0 Å². The number of nitrogens with zero attached hydrogens (tertiary/aromatic N) is 1. The van der Waals surface area contributed by atoms with E-state index in [0.717, 1.165) is 10.9 Å². The molecule has 0 aliphatic carbocycles. The van der Waals surface area contributed by atoms with Gasteiger partial charge in [-0.2, -0.15) is 0 Å². The van der Waals surface area contributed by atoms with E-state index < -0.39 is 5.91 Å². The highest BCUT2D eigenvalue weighted by Gasteiger charge is 2.11. The molecule has 0 bridgehead atoms. The third kappa shape index (κ3) is 3.33. The molecule has 1 heterocycles. The predicted octanol–water partition coefficient (Wildman–Crippen LogP) is 2.35. The molecular formula is C18H15N3O3. The zero-order valence-corrected chi connectivity index (χ0v) is 12.7. The molecule has 3 N–H and O–H groups in total. The van der Waals surface area contributed by atoms with Crippen molar-refractivity contribution in [3.05, 3.63) is 66.4 Å². The van der Waals surface area contributed by atoms with Gasteiger partial charge in [0.05, 0.1) is 16.8 Å². The van der Waals surface area contributed by atoms with Gasteiger partial charge in [0.15, 0.2) is 6.61 Å². The van der Waals surface area contributed by atoms with E-state index in [4.69, 9.17) is 10.5 Å². The monoisotopic (exact) mass is 321 g/mol. The Bertz CT molecular complexity index is 903. The van der Waals surface area contributed by atoms with Crippen molar-refractivity contribution in [2.45, 2.75) is 0 Å². The Morgan fingerprint density at radius 1 is 1.04 bits per heavy atom. The molecule has 24 heavy (non-hydrogen) atoms. The number of aromatic nitrogens is 1. The van der Waals surface area contributed by atoms with Crippen LogP contribution >= 0.6 is 0 Å². The Labute approximate surface area is 138 Å². The average Bonchev–Trinajstić information content (AvgIpc) is 2.60. The number of hydrogen-bond donors (Lipinski definition) is 2. The molecular weight excluding hydrogens is 306 g/mol. The summed E-state index contributed by atoms with van der Waals surface area (Å²) in [6.45, 7) is -0.235. The van der Waals surface area contributed by atoms with E-state index in [0.29, 0.717) is 5.69 Å². The van der Waals surface area contributed by atoms with Crippen molar-refractivity contribution >= 4 is 28.4 Å². The van der Waals surface area contributed by atoms with Crippen LogP contribution in [0, 0.1) is 0 Å². The Morgan fingerprint density at radius 2 is 1.88 bits per heavy atom. The molecule has 120 valence electrons. The molecule has 3 rings (SSSR count). The third-order valence-corrected chi connectivity index (χ3v) is 3.43. The van der Waals surface area contributed by atoms with Gasteiger partial charge in [0, 0.05) is 11.6 Å². The van der Waals surface area contributed by atoms with Crippen LogP contribution in [0.1, 0.15) is 10.4 Å². The van der Waals surface area contributed by atoms with Crippen molar-refractivity contribution in [1.82, 2.24) is 4.98 Å². The fourth-order valence-electron chi connectivity index (χ4n) is 2.34. The fraction of sp³-hybridized carbons (Fsp3) is 0.0556. The van der Waals surface area contributed by atoms with Gasteiger partial charge in [0.25, 0.3) is 11.8 Å². The number of anilines is 1. The largest absolute Gasteiger partial charge is 0.483 e. The standard InChI is InChI=1S/C18H15N3O3/c19-18(23)13-5-1-2-9-16(13)24-11-17(22)21-15-8-3-7-14-12(15)6-4-10-20-14/h1-10H,11H2,(H2,19,23)(H,21,22). The van der Waals surface area contributed by atoms with E-state index in [-0.39, 0.29) is 23.8 Å². The third-order valence-electron chi connectivity index (χ3n) is 3.43. The first-order valence-electron chi connectivity index (χ1n) is 7.30. The number of nitrogens with one attached hydrogen (secondary N) is 1. The van der Waals surface area contributed by atoms with Crippen molar-refractivity contribution in [2.75, 3.05) is 11.9 Å². The normalized spacial score (nSPS) is 10.3. The van der Waals surface area contributed by atoms with E-state index in [1.54, 1.807) is 42.6 Å². The summed E-state index contributed by atoms with van der Waals surface area (Å²) in [6, 6.07) is 15.7. The SMILES string of the molecule is NC(=O)c1ccccc1OCC(=O)Nc1cccc2ncccc12. The van der Waals surface area contributed by atoms with Crippen LogP contribution in [0.5, 0.6) is 5.75 Å². The summed E-state index contributed by atoms with van der Waals surface area (Å²) in [5, 5.41) is 3.62. The first kappa shape index (κ1) is 15.5. The number of nitrogens with two attached hydrogens (primary N) is 1. The number of primary amides is 1. The smallest absolute Gasteiger partial charge is 0.262 e. The first-order valence-corrected chi connectivity index (χ1v) is 7.30. The molecule has 0 saturated carbocycles. The lowest BCUT2D eigenvalue weighted by molar-refractivity contribution is -0.118. The molecule has 2 amide bonds. The van der Waals surface area contributed by atoms with Crippen LogP contribution in [0.25, 0.3) is 10.9 Å². The second-order valence-corrected chi connectivity index (χ2v) is 5.07. The molecule has 0 aliphatic rings. The van der Waals surface area contributed by atoms with Gasteiger partial charge in [-0.15, -0.1) is 0 Å². The Balaban J connectivity index is 1.71. The van der Waals surface area contributed by atoms with E-state index in [1.165, 1.54) is 0 Å². The van der Waals surface area contributed by atoms with Crippen LogP contribution < -0.4 is 15.8 Å². The molecule has 0 atom stereocenters. The fourth-order valence-corrected chi connectivity index (χ4v) is 2.34. The highest BCUT2D eigenvalue weighted by Crippen LogP contribution is 2.21. The van der Waals surface area contributed by atoms with Crippen LogP contribution in [-0.2, 0) is 4.79 Å². The highest BCUT2D eigenvalue weighted by molar-refractivity contribution is 6.01. The van der Waals surface area contributed by atoms with Gasteiger partial charge < -0.3 is 15.8 Å². The number of carbonyl (C=O) groups excluding carboxylic acids is 2. The number of hydrogen-bond acceptors (Lipinski definition) is 4. The van der Waals surface area contributed by atoms with E-state index in [9.17, 15) is 9.59 Å². The maximum Gasteiger partial charge on any atom is 0.262 e. The molecule has 0 fully saturated rings. The highest BCUT2D eigenvalue weighted by atomic mass is 16.5. The summed E-state index contributed by atoms with van der Waals surface area (Å²) in [7, 11) is 0. The number of fused-ring (bicyclic) bond motifs is 1. The predicted molar refractivity (Wildman–Crippen MR) is 90.8 cm³/mol.